The summed E-state index contributed by atoms with van der Waals surface area (Å²) in [5, 5.41) is 0. The number of hydrogen-bond donors (Lipinski definition) is 1. The summed E-state index contributed by atoms with van der Waals surface area (Å²) in [7, 11) is -3.55. The summed E-state index contributed by atoms with van der Waals surface area (Å²) in [6.07, 6.45) is 1.54. The molecule has 1 unspecified atom stereocenters. The largest absolute Gasteiger partial charge is 0.494 e. The third-order valence-electron chi connectivity index (χ3n) is 4.10. The Morgan fingerprint density at radius 2 is 1.96 bits per heavy atom. The quantitative estimate of drug-likeness (QED) is 0.823. The van der Waals surface area contributed by atoms with Crippen molar-refractivity contribution in [2.75, 3.05) is 13.2 Å². The third-order valence-corrected chi connectivity index (χ3v) is 5.70. The summed E-state index contributed by atoms with van der Waals surface area (Å²) in [6, 6.07) is 12.3. The molecular formula is C19H23NO4S. The van der Waals surface area contributed by atoms with Crippen LogP contribution in [0.25, 0.3) is 0 Å². The Bertz CT molecular complexity index is 831. The van der Waals surface area contributed by atoms with Crippen molar-refractivity contribution in [3.8, 4) is 11.5 Å². The van der Waals surface area contributed by atoms with Gasteiger partial charge in [-0.05, 0) is 61.7 Å². The SMILES string of the molecule is CCOc1ccc(S(=O)(=O)NC(C)Cc2ccc3c(c2)CCO3)cc1. The van der Waals surface area contributed by atoms with Gasteiger partial charge in [-0.25, -0.2) is 13.1 Å². The average molecular weight is 361 g/mol. The van der Waals surface area contributed by atoms with Gasteiger partial charge in [0.15, 0.2) is 0 Å². The van der Waals surface area contributed by atoms with Gasteiger partial charge >= 0.3 is 0 Å². The van der Waals surface area contributed by atoms with Gasteiger partial charge < -0.3 is 9.47 Å². The maximum absolute atomic E-state index is 12.5. The highest BCUT2D eigenvalue weighted by atomic mass is 32.2. The summed E-state index contributed by atoms with van der Waals surface area (Å²) in [6.45, 7) is 5.03. The summed E-state index contributed by atoms with van der Waals surface area (Å²) in [5.74, 6) is 1.60. The van der Waals surface area contributed by atoms with Gasteiger partial charge in [-0.2, -0.15) is 0 Å². The minimum atomic E-state index is -3.55. The Kier molecular flexibility index (Phi) is 5.30. The fourth-order valence-corrected chi connectivity index (χ4v) is 4.22. The Morgan fingerprint density at radius 3 is 2.68 bits per heavy atom. The first kappa shape index (κ1) is 17.8. The lowest BCUT2D eigenvalue weighted by atomic mass is 10.0. The molecule has 2 aromatic rings. The standard InChI is InChI=1S/C19H23NO4S/c1-3-23-17-5-7-18(8-6-17)25(21,22)20-14(2)12-15-4-9-19-16(13-15)10-11-24-19/h4-9,13-14,20H,3,10-12H2,1-2H3. The van der Waals surface area contributed by atoms with Crippen molar-refractivity contribution in [2.24, 2.45) is 0 Å². The molecule has 0 saturated heterocycles. The second kappa shape index (κ2) is 7.45. The van der Waals surface area contributed by atoms with Gasteiger partial charge in [0.2, 0.25) is 10.0 Å². The molecule has 0 spiro atoms. The van der Waals surface area contributed by atoms with Crippen LogP contribution in [0.15, 0.2) is 47.4 Å². The highest BCUT2D eigenvalue weighted by molar-refractivity contribution is 7.89. The predicted octanol–water partition coefficient (Wildman–Crippen LogP) is 2.93. The van der Waals surface area contributed by atoms with Crippen LogP contribution >= 0.6 is 0 Å². The molecule has 0 fully saturated rings. The van der Waals surface area contributed by atoms with Crippen LogP contribution in [0, 0.1) is 0 Å². The average Bonchev–Trinajstić information content (AvgIpc) is 3.03. The molecule has 1 aliphatic rings. The highest BCUT2D eigenvalue weighted by Gasteiger charge is 2.19. The van der Waals surface area contributed by atoms with Crippen molar-refractivity contribution in [1.29, 1.82) is 0 Å². The van der Waals surface area contributed by atoms with Crippen LogP contribution in [0.5, 0.6) is 11.5 Å². The zero-order chi connectivity index (χ0) is 17.9. The van der Waals surface area contributed by atoms with E-state index in [0.29, 0.717) is 18.8 Å². The van der Waals surface area contributed by atoms with E-state index in [-0.39, 0.29) is 10.9 Å². The monoisotopic (exact) mass is 361 g/mol. The van der Waals surface area contributed by atoms with Crippen molar-refractivity contribution in [3.05, 3.63) is 53.6 Å². The molecule has 3 rings (SSSR count). The lowest BCUT2D eigenvalue weighted by Crippen LogP contribution is -2.34. The van der Waals surface area contributed by atoms with E-state index in [1.165, 1.54) is 5.56 Å². The number of fused-ring (bicyclic) bond motifs is 1. The third kappa shape index (κ3) is 4.32. The molecule has 5 nitrogen and oxygen atoms in total. The van der Waals surface area contributed by atoms with Crippen LogP contribution in [-0.2, 0) is 22.9 Å². The minimum Gasteiger partial charge on any atom is -0.494 e. The molecule has 0 radical (unpaired) electrons. The molecule has 0 aliphatic carbocycles. The Hall–Kier alpha value is -2.05. The van der Waals surface area contributed by atoms with E-state index >= 15 is 0 Å². The molecule has 0 amide bonds. The van der Waals surface area contributed by atoms with E-state index in [9.17, 15) is 8.42 Å². The Labute approximate surface area is 149 Å². The number of hydrogen-bond acceptors (Lipinski definition) is 4. The lowest BCUT2D eigenvalue weighted by Gasteiger charge is -2.15. The molecule has 0 bridgehead atoms. The van der Waals surface area contributed by atoms with Gasteiger partial charge in [-0.15, -0.1) is 0 Å². The molecule has 1 heterocycles. The predicted molar refractivity (Wildman–Crippen MR) is 96.7 cm³/mol. The normalized spacial score (nSPS) is 14.6. The van der Waals surface area contributed by atoms with Crippen molar-refractivity contribution < 1.29 is 17.9 Å². The van der Waals surface area contributed by atoms with Crippen molar-refractivity contribution in [3.63, 3.8) is 0 Å². The van der Waals surface area contributed by atoms with Gasteiger partial charge in [0.1, 0.15) is 11.5 Å². The van der Waals surface area contributed by atoms with Crippen LogP contribution in [0.4, 0.5) is 0 Å². The van der Waals surface area contributed by atoms with Crippen molar-refractivity contribution in [1.82, 2.24) is 4.72 Å². The smallest absolute Gasteiger partial charge is 0.240 e. The van der Waals surface area contributed by atoms with E-state index in [1.54, 1.807) is 24.3 Å². The number of ether oxygens (including phenoxy) is 2. The second-order valence-corrected chi connectivity index (χ2v) is 7.89. The summed E-state index contributed by atoms with van der Waals surface area (Å²) in [5.41, 5.74) is 2.30. The Balaban J connectivity index is 1.65. The van der Waals surface area contributed by atoms with E-state index in [2.05, 4.69) is 10.8 Å². The van der Waals surface area contributed by atoms with Gasteiger partial charge in [-0.1, -0.05) is 12.1 Å². The number of nitrogens with one attached hydrogen (secondary N) is 1. The molecule has 1 N–H and O–H groups in total. The van der Waals surface area contributed by atoms with Crippen LogP contribution in [0.2, 0.25) is 0 Å². The van der Waals surface area contributed by atoms with E-state index in [4.69, 9.17) is 9.47 Å². The molecule has 6 heteroatoms. The zero-order valence-electron chi connectivity index (χ0n) is 14.5. The van der Waals surface area contributed by atoms with Crippen molar-refractivity contribution in [2.45, 2.75) is 37.6 Å². The van der Waals surface area contributed by atoms with Crippen LogP contribution in [0.3, 0.4) is 0 Å². The highest BCUT2D eigenvalue weighted by Crippen LogP contribution is 2.26. The lowest BCUT2D eigenvalue weighted by molar-refractivity contribution is 0.340. The maximum Gasteiger partial charge on any atom is 0.240 e. The van der Waals surface area contributed by atoms with Crippen LogP contribution in [0.1, 0.15) is 25.0 Å². The van der Waals surface area contributed by atoms with E-state index in [1.807, 2.05) is 26.0 Å². The molecule has 2 aromatic carbocycles. The first-order valence-corrected chi connectivity index (χ1v) is 9.96. The summed E-state index contributed by atoms with van der Waals surface area (Å²) < 4.78 is 38.6. The maximum atomic E-state index is 12.5. The number of sulfonamides is 1. The molecule has 1 atom stereocenters. The topological polar surface area (TPSA) is 64.6 Å². The second-order valence-electron chi connectivity index (χ2n) is 6.17. The van der Waals surface area contributed by atoms with Crippen LogP contribution in [-0.4, -0.2) is 27.7 Å². The van der Waals surface area contributed by atoms with Crippen molar-refractivity contribution >= 4 is 10.0 Å². The van der Waals surface area contributed by atoms with Crippen LogP contribution < -0.4 is 14.2 Å². The van der Waals surface area contributed by atoms with Gasteiger partial charge in [0.25, 0.3) is 0 Å². The van der Waals surface area contributed by atoms with E-state index < -0.39 is 10.0 Å². The van der Waals surface area contributed by atoms with Gasteiger partial charge in [0, 0.05) is 12.5 Å². The van der Waals surface area contributed by atoms with Gasteiger partial charge in [-0.3, -0.25) is 0 Å². The number of benzene rings is 2. The summed E-state index contributed by atoms with van der Waals surface area (Å²) >= 11 is 0. The fourth-order valence-electron chi connectivity index (χ4n) is 2.98. The number of rotatable bonds is 7. The Morgan fingerprint density at radius 1 is 1.20 bits per heavy atom. The van der Waals surface area contributed by atoms with E-state index in [0.717, 1.165) is 24.3 Å². The first-order chi connectivity index (χ1) is 12.0. The minimum absolute atomic E-state index is 0.211. The molecule has 25 heavy (non-hydrogen) atoms. The first-order valence-electron chi connectivity index (χ1n) is 8.48. The summed E-state index contributed by atoms with van der Waals surface area (Å²) in [4.78, 5) is 0.241. The molecule has 1 aliphatic heterocycles. The molecule has 134 valence electrons. The molecule has 0 aromatic heterocycles. The van der Waals surface area contributed by atoms with Gasteiger partial charge in [0.05, 0.1) is 18.1 Å². The molecular weight excluding hydrogens is 338 g/mol. The fraction of sp³-hybridized carbons (Fsp3) is 0.368. The zero-order valence-corrected chi connectivity index (χ0v) is 15.3. The molecule has 0 saturated carbocycles.